The van der Waals surface area contributed by atoms with Crippen molar-refractivity contribution in [2.24, 2.45) is 0 Å². The van der Waals surface area contributed by atoms with Gasteiger partial charge in [0.25, 0.3) is 0 Å². The Kier molecular flexibility index (Phi) is 4.81. The Bertz CT molecular complexity index is 894. The molecule has 0 atom stereocenters. The first-order chi connectivity index (χ1) is 11.6. The number of aromatic amines is 1. The van der Waals surface area contributed by atoms with Crippen LogP contribution in [0.4, 0.5) is 4.39 Å². The number of carbonyl (C=O) groups excluding carboxylic acids is 1. The molecule has 1 aromatic carbocycles. The Morgan fingerprint density at radius 2 is 2.17 bits per heavy atom. The predicted octanol–water partition coefficient (Wildman–Crippen LogP) is 4.36. The van der Waals surface area contributed by atoms with Gasteiger partial charge in [0, 0.05) is 28.6 Å². The van der Waals surface area contributed by atoms with Crippen LogP contribution in [-0.4, -0.2) is 17.4 Å². The van der Waals surface area contributed by atoms with Crippen LogP contribution in [0, 0.1) is 19.7 Å². The molecule has 0 saturated heterocycles. The summed E-state index contributed by atoms with van der Waals surface area (Å²) in [5.41, 5.74) is 3.59. The fourth-order valence-electron chi connectivity index (χ4n) is 2.87. The molecule has 3 aromatic rings. The Labute approximate surface area is 144 Å². The summed E-state index contributed by atoms with van der Waals surface area (Å²) in [7, 11) is 0. The van der Waals surface area contributed by atoms with Gasteiger partial charge >= 0.3 is 0 Å². The number of hydrogen-bond acceptors (Lipinski definition) is 2. The van der Waals surface area contributed by atoms with Crippen LogP contribution < -0.4 is 5.32 Å². The van der Waals surface area contributed by atoms with E-state index in [4.69, 9.17) is 0 Å². The zero-order valence-electron chi connectivity index (χ0n) is 13.7. The quantitative estimate of drug-likeness (QED) is 0.665. The van der Waals surface area contributed by atoms with E-state index >= 15 is 0 Å². The molecular weight excluding hydrogens is 323 g/mol. The Hall–Kier alpha value is -2.40. The summed E-state index contributed by atoms with van der Waals surface area (Å²) in [5.74, 6) is -0.364. The lowest BCUT2D eigenvalue weighted by atomic mass is 10.0. The van der Waals surface area contributed by atoms with E-state index in [1.54, 1.807) is 29.6 Å². The van der Waals surface area contributed by atoms with Crippen LogP contribution in [0.5, 0.6) is 0 Å². The monoisotopic (exact) mass is 342 g/mol. The minimum atomic E-state index is -0.243. The number of H-pyrrole nitrogens is 1. The molecule has 2 heterocycles. The summed E-state index contributed by atoms with van der Waals surface area (Å²) in [6.07, 6.45) is 4.00. The number of aryl methyl sites for hydroxylation is 2. The molecule has 0 unspecified atom stereocenters. The van der Waals surface area contributed by atoms with Gasteiger partial charge in [0.15, 0.2) is 0 Å². The molecule has 3 rings (SSSR count). The highest BCUT2D eigenvalue weighted by Crippen LogP contribution is 2.27. The molecule has 24 heavy (non-hydrogen) atoms. The Balaban J connectivity index is 1.67. The smallest absolute Gasteiger partial charge is 0.244 e. The van der Waals surface area contributed by atoms with Crippen molar-refractivity contribution in [2.75, 3.05) is 6.54 Å². The maximum Gasteiger partial charge on any atom is 0.244 e. The van der Waals surface area contributed by atoms with Crippen LogP contribution in [0.3, 0.4) is 0 Å². The predicted molar refractivity (Wildman–Crippen MR) is 97.8 cm³/mol. The van der Waals surface area contributed by atoms with Gasteiger partial charge in [0.1, 0.15) is 5.82 Å². The van der Waals surface area contributed by atoms with Gasteiger partial charge in [-0.25, -0.2) is 4.39 Å². The normalized spacial score (nSPS) is 11.5. The maximum absolute atomic E-state index is 13.9. The van der Waals surface area contributed by atoms with Gasteiger partial charge in [-0.3, -0.25) is 4.79 Å². The Morgan fingerprint density at radius 3 is 2.92 bits per heavy atom. The van der Waals surface area contributed by atoms with Gasteiger partial charge in [0.05, 0.1) is 5.52 Å². The zero-order valence-corrected chi connectivity index (χ0v) is 14.5. The molecule has 3 nitrogen and oxygen atoms in total. The summed E-state index contributed by atoms with van der Waals surface area (Å²) in [4.78, 5) is 16.0. The lowest BCUT2D eigenvalue weighted by Gasteiger charge is -2.05. The van der Waals surface area contributed by atoms with Crippen LogP contribution in [-0.2, 0) is 11.2 Å². The van der Waals surface area contributed by atoms with E-state index in [2.05, 4.69) is 10.3 Å². The summed E-state index contributed by atoms with van der Waals surface area (Å²) < 4.78 is 13.9. The number of carbonyl (C=O) groups is 1. The van der Waals surface area contributed by atoms with Crippen LogP contribution in [0.2, 0.25) is 0 Å². The standard InChI is InChI=1S/C19H19FN2OS/c1-12-5-7-16(20)19-18(12)15(13(2)22-19)9-10-21-17(23)8-6-14-4-3-11-24-14/h3-8,11,22H,9-10H2,1-2H3,(H,21,23). The highest BCUT2D eigenvalue weighted by atomic mass is 32.1. The third kappa shape index (κ3) is 3.41. The Morgan fingerprint density at radius 1 is 1.33 bits per heavy atom. The number of benzene rings is 1. The van der Waals surface area contributed by atoms with Crippen molar-refractivity contribution in [2.45, 2.75) is 20.3 Å². The summed E-state index contributed by atoms with van der Waals surface area (Å²) in [5, 5.41) is 5.78. The van der Waals surface area contributed by atoms with Crippen molar-refractivity contribution >= 4 is 34.2 Å². The van der Waals surface area contributed by atoms with E-state index in [0.29, 0.717) is 18.5 Å². The molecule has 0 saturated carbocycles. The summed E-state index contributed by atoms with van der Waals surface area (Å²) in [6, 6.07) is 7.18. The van der Waals surface area contributed by atoms with E-state index in [0.717, 1.165) is 27.1 Å². The number of nitrogens with one attached hydrogen (secondary N) is 2. The molecule has 0 spiro atoms. The molecule has 0 bridgehead atoms. The van der Waals surface area contributed by atoms with Gasteiger partial charge in [-0.1, -0.05) is 12.1 Å². The molecule has 2 aromatic heterocycles. The van der Waals surface area contributed by atoms with Gasteiger partial charge in [0.2, 0.25) is 5.91 Å². The fraction of sp³-hybridized carbons (Fsp3) is 0.211. The highest BCUT2D eigenvalue weighted by molar-refractivity contribution is 7.10. The van der Waals surface area contributed by atoms with Gasteiger partial charge in [-0.15, -0.1) is 11.3 Å². The van der Waals surface area contributed by atoms with Gasteiger partial charge < -0.3 is 10.3 Å². The molecule has 0 fully saturated rings. The third-order valence-corrected chi connectivity index (χ3v) is 4.88. The molecule has 124 valence electrons. The lowest BCUT2D eigenvalue weighted by Crippen LogP contribution is -2.23. The number of aromatic nitrogens is 1. The number of amides is 1. The largest absolute Gasteiger partial charge is 0.356 e. The zero-order chi connectivity index (χ0) is 17.1. The summed E-state index contributed by atoms with van der Waals surface area (Å²) >= 11 is 1.59. The van der Waals surface area contributed by atoms with Gasteiger partial charge in [-0.05, 0) is 55.0 Å². The van der Waals surface area contributed by atoms with Crippen LogP contribution in [0.25, 0.3) is 17.0 Å². The molecule has 0 radical (unpaired) electrons. The fourth-order valence-corrected chi connectivity index (χ4v) is 3.49. The molecule has 5 heteroatoms. The number of fused-ring (bicyclic) bond motifs is 1. The number of rotatable bonds is 5. The highest BCUT2D eigenvalue weighted by Gasteiger charge is 2.13. The molecular formula is C19H19FN2OS. The molecule has 0 aliphatic heterocycles. The average Bonchev–Trinajstić information content (AvgIpc) is 3.18. The SMILES string of the molecule is Cc1[nH]c2c(F)ccc(C)c2c1CCNC(=O)C=Cc1cccs1. The van der Waals surface area contributed by atoms with Gasteiger partial charge in [-0.2, -0.15) is 0 Å². The lowest BCUT2D eigenvalue weighted by molar-refractivity contribution is -0.116. The van der Waals surface area contributed by atoms with Crippen LogP contribution in [0.15, 0.2) is 35.7 Å². The van der Waals surface area contributed by atoms with Crippen molar-refractivity contribution in [3.8, 4) is 0 Å². The van der Waals surface area contributed by atoms with Crippen molar-refractivity contribution in [3.05, 3.63) is 63.2 Å². The number of hydrogen-bond donors (Lipinski definition) is 2. The minimum absolute atomic E-state index is 0.121. The second-order valence-electron chi connectivity index (χ2n) is 5.73. The van der Waals surface area contributed by atoms with E-state index in [9.17, 15) is 9.18 Å². The first kappa shape index (κ1) is 16.5. The number of halogens is 1. The molecule has 0 aliphatic carbocycles. The van der Waals surface area contributed by atoms with Crippen molar-refractivity contribution in [1.82, 2.24) is 10.3 Å². The second-order valence-corrected chi connectivity index (χ2v) is 6.71. The topological polar surface area (TPSA) is 44.9 Å². The van der Waals surface area contributed by atoms with Crippen molar-refractivity contribution in [3.63, 3.8) is 0 Å². The summed E-state index contributed by atoms with van der Waals surface area (Å²) in [6.45, 7) is 4.42. The molecule has 1 amide bonds. The molecule has 0 aliphatic rings. The van der Waals surface area contributed by atoms with Crippen LogP contribution in [0.1, 0.15) is 21.7 Å². The average molecular weight is 342 g/mol. The van der Waals surface area contributed by atoms with E-state index in [1.165, 1.54) is 6.07 Å². The maximum atomic E-state index is 13.9. The van der Waals surface area contributed by atoms with Crippen molar-refractivity contribution in [1.29, 1.82) is 0 Å². The van der Waals surface area contributed by atoms with Crippen LogP contribution >= 0.6 is 11.3 Å². The third-order valence-electron chi connectivity index (χ3n) is 4.05. The van der Waals surface area contributed by atoms with E-state index < -0.39 is 0 Å². The molecule has 2 N–H and O–H groups in total. The first-order valence-corrected chi connectivity index (χ1v) is 8.70. The second kappa shape index (κ2) is 7.01. The van der Waals surface area contributed by atoms with E-state index in [-0.39, 0.29) is 11.7 Å². The number of thiophene rings is 1. The first-order valence-electron chi connectivity index (χ1n) is 7.82. The van der Waals surface area contributed by atoms with Crippen molar-refractivity contribution < 1.29 is 9.18 Å². The van der Waals surface area contributed by atoms with E-state index in [1.807, 2.05) is 31.4 Å². The minimum Gasteiger partial charge on any atom is -0.356 e.